The molecule has 17 heavy (non-hydrogen) atoms. The van der Waals surface area contributed by atoms with Crippen LogP contribution in [-0.4, -0.2) is 26.5 Å². The van der Waals surface area contributed by atoms with Crippen LogP contribution in [0.4, 0.5) is 5.69 Å². The van der Waals surface area contributed by atoms with Crippen molar-refractivity contribution in [2.24, 2.45) is 0 Å². The Bertz CT molecular complexity index is 443. The first kappa shape index (κ1) is 13.8. The molecule has 0 saturated carbocycles. The summed E-state index contributed by atoms with van der Waals surface area (Å²) in [5, 5.41) is 0. The highest BCUT2D eigenvalue weighted by Gasteiger charge is 2.10. The Morgan fingerprint density at radius 2 is 1.94 bits per heavy atom. The van der Waals surface area contributed by atoms with E-state index in [1.54, 1.807) is 24.3 Å². The number of sulfone groups is 1. The van der Waals surface area contributed by atoms with Gasteiger partial charge in [0.15, 0.2) is 9.84 Å². The average molecular weight is 257 g/mol. The molecule has 0 aliphatic heterocycles. The lowest BCUT2D eigenvalue weighted by Crippen LogP contribution is -2.17. The number of nitrogen functional groups attached to an aromatic ring is 1. The molecule has 5 heteroatoms. The summed E-state index contributed by atoms with van der Waals surface area (Å²) in [4.78, 5) is 0. The normalized spacial score (nSPS) is 11.4. The fourth-order valence-corrected chi connectivity index (χ4v) is 2.63. The van der Waals surface area contributed by atoms with Gasteiger partial charge in [0.05, 0.1) is 17.2 Å². The van der Waals surface area contributed by atoms with Crippen molar-refractivity contribution in [3.63, 3.8) is 0 Å². The lowest BCUT2D eigenvalue weighted by Gasteiger charge is -2.08. The maximum absolute atomic E-state index is 11.6. The first-order chi connectivity index (χ1) is 8.05. The van der Waals surface area contributed by atoms with Crippen LogP contribution in [0.5, 0.6) is 5.75 Å². The zero-order valence-corrected chi connectivity index (χ0v) is 10.9. The first-order valence-electron chi connectivity index (χ1n) is 5.73. The van der Waals surface area contributed by atoms with Crippen molar-refractivity contribution in [3.05, 3.63) is 24.3 Å². The van der Waals surface area contributed by atoms with Crippen LogP contribution in [-0.2, 0) is 9.84 Å². The zero-order chi connectivity index (χ0) is 12.7. The summed E-state index contributed by atoms with van der Waals surface area (Å²) >= 11 is 0. The number of hydrogen-bond acceptors (Lipinski definition) is 4. The summed E-state index contributed by atoms with van der Waals surface area (Å²) in [7, 11) is -2.99. The molecule has 0 saturated heterocycles. The molecule has 0 heterocycles. The van der Waals surface area contributed by atoms with Crippen molar-refractivity contribution >= 4 is 15.5 Å². The van der Waals surface area contributed by atoms with E-state index in [4.69, 9.17) is 10.5 Å². The predicted molar refractivity (Wildman–Crippen MR) is 69.9 cm³/mol. The van der Waals surface area contributed by atoms with Gasteiger partial charge in [-0.1, -0.05) is 25.5 Å². The Hall–Kier alpha value is -1.23. The second-order valence-electron chi connectivity index (χ2n) is 3.89. The van der Waals surface area contributed by atoms with Crippen molar-refractivity contribution in [2.45, 2.75) is 19.8 Å². The van der Waals surface area contributed by atoms with E-state index in [0.29, 0.717) is 17.9 Å². The minimum atomic E-state index is -2.99. The van der Waals surface area contributed by atoms with E-state index >= 15 is 0 Å². The maximum atomic E-state index is 11.6. The molecular formula is C12H19NO3S. The number of anilines is 1. The van der Waals surface area contributed by atoms with E-state index in [1.807, 2.05) is 6.92 Å². The number of unbranched alkanes of at least 4 members (excludes halogenated alkanes) is 1. The molecule has 0 aliphatic rings. The lowest BCUT2D eigenvalue weighted by atomic mass is 10.3. The molecule has 0 aliphatic carbocycles. The van der Waals surface area contributed by atoms with Gasteiger partial charge < -0.3 is 10.5 Å². The molecule has 0 amide bonds. The SMILES string of the molecule is CCCCS(=O)(=O)CCOc1ccccc1N. The van der Waals surface area contributed by atoms with E-state index in [2.05, 4.69) is 0 Å². The quantitative estimate of drug-likeness (QED) is 0.757. The van der Waals surface area contributed by atoms with Crippen LogP contribution in [0.3, 0.4) is 0 Å². The summed E-state index contributed by atoms with van der Waals surface area (Å²) in [6.45, 7) is 2.12. The highest BCUT2D eigenvalue weighted by molar-refractivity contribution is 7.91. The first-order valence-corrected chi connectivity index (χ1v) is 7.55. The Balaban J connectivity index is 2.40. The van der Waals surface area contributed by atoms with Gasteiger partial charge >= 0.3 is 0 Å². The van der Waals surface area contributed by atoms with Crippen molar-refractivity contribution < 1.29 is 13.2 Å². The van der Waals surface area contributed by atoms with Gasteiger partial charge in [0.1, 0.15) is 12.4 Å². The smallest absolute Gasteiger partial charge is 0.153 e. The molecule has 96 valence electrons. The third-order valence-electron chi connectivity index (χ3n) is 2.38. The van der Waals surface area contributed by atoms with Crippen molar-refractivity contribution in [1.82, 2.24) is 0 Å². The Morgan fingerprint density at radius 1 is 1.24 bits per heavy atom. The monoisotopic (exact) mass is 257 g/mol. The van der Waals surface area contributed by atoms with Gasteiger partial charge in [-0.3, -0.25) is 0 Å². The molecular weight excluding hydrogens is 238 g/mol. The van der Waals surface area contributed by atoms with Crippen LogP contribution in [0, 0.1) is 0 Å². The van der Waals surface area contributed by atoms with Crippen molar-refractivity contribution in [1.29, 1.82) is 0 Å². The van der Waals surface area contributed by atoms with E-state index in [9.17, 15) is 8.42 Å². The minimum Gasteiger partial charge on any atom is -0.490 e. The number of benzene rings is 1. The summed E-state index contributed by atoms with van der Waals surface area (Å²) in [6.07, 6.45) is 1.58. The number of hydrogen-bond donors (Lipinski definition) is 1. The average Bonchev–Trinajstić information content (AvgIpc) is 2.29. The third kappa shape index (κ3) is 5.08. The fraction of sp³-hybridized carbons (Fsp3) is 0.500. The van der Waals surface area contributed by atoms with E-state index < -0.39 is 9.84 Å². The Kier molecular flexibility index (Phi) is 5.28. The van der Waals surface area contributed by atoms with Crippen LogP contribution in [0.25, 0.3) is 0 Å². The molecule has 0 bridgehead atoms. The molecule has 0 atom stereocenters. The van der Waals surface area contributed by atoms with Crippen LogP contribution < -0.4 is 10.5 Å². The number of para-hydroxylation sites is 2. The second kappa shape index (κ2) is 6.49. The Labute approximate surface area is 103 Å². The van der Waals surface area contributed by atoms with Crippen LogP contribution in [0.15, 0.2) is 24.3 Å². The number of ether oxygens (including phenoxy) is 1. The lowest BCUT2D eigenvalue weighted by molar-refractivity contribution is 0.342. The molecule has 1 aromatic carbocycles. The summed E-state index contributed by atoms with van der Waals surface area (Å²) in [5.74, 6) is 0.816. The van der Waals surface area contributed by atoms with E-state index in [0.717, 1.165) is 6.42 Å². The molecule has 1 aromatic rings. The standard InChI is InChI=1S/C12H19NO3S/c1-2-3-9-17(14,15)10-8-16-12-7-5-4-6-11(12)13/h4-7H,2-3,8-10,13H2,1H3. The van der Waals surface area contributed by atoms with Gasteiger partial charge in [-0.25, -0.2) is 8.42 Å². The van der Waals surface area contributed by atoms with Crippen molar-refractivity contribution in [3.8, 4) is 5.75 Å². The molecule has 2 N–H and O–H groups in total. The molecule has 4 nitrogen and oxygen atoms in total. The van der Waals surface area contributed by atoms with Crippen LogP contribution >= 0.6 is 0 Å². The summed E-state index contributed by atoms with van der Waals surface area (Å²) < 4.78 is 28.5. The highest BCUT2D eigenvalue weighted by Crippen LogP contribution is 2.19. The van der Waals surface area contributed by atoms with E-state index in [-0.39, 0.29) is 18.1 Å². The van der Waals surface area contributed by atoms with Gasteiger partial charge in [0, 0.05) is 0 Å². The zero-order valence-electron chi connectivity index (χ0n) is 10.1. The molecule has 0 fully saturated rings. The largest absolute Gasteiger partial charge is 0.490 e. The molecule has 0 spiro atoms. The van der Waals surface area contributed by atoms with Gasteiger partial charge in [-0.15, -0.1) is 0 Å². The van der Waals surface area contributed by atoms with Crippen LogP contribution in [0.2, 0.25) is 0 Å². The number of rotatable bonds is 7. The van der Waals surface area contributed by atoms with Gasteiger partial charge in [-0.05, 0) is 18.6 Å². The third-order valence-corrected chi connectivity index (χ3v) is 4.08. The summed E-state index contributed by atoms with van der Waals surface area (Å²) in [6, 6.07) is 7.06. The van der Waals surface area contributed by atoms with Gasteiger partial charge in [0.25, 0.3) is 0 Å². The van der Waals surface area contributed by atoms with Gasteiger partial charge in [-0.2, -0.15) is 0 Å². The van der Waals surface area contributed by atoms with Crippen molar-refractivity contribution in [2.75, 3.05) is 23.8 Å². The fourth-order valence-electron chi connectivity index (χ4n) is 1.36. The molecule has 0 unspecified atom stereocenters. The highest BCUT2D eigenvalue weighted by atomic mass is 32.2. The number of nitrogens with two attached hydrogens (primary N) is 1. The predicted octanol–water partition coefficient (Wildman–Crippen LogP) is 1.86. The minimum absolute atomic E-state index is 0.0430. The maximum Gasteiger partial charge on any atom is 0.153 e. The second-order valence-corrected chi connectivity index (χ2v) is 6.20. The molecule has 0 aromatic heterocycles. The molecule has 1 rings (SSSR count). The topological polar surface area (TPSA) is 69.4 Å². The van der Waals surface area contributed by atoms with Gasteiger partial charge in [0.2, 0.25) is 0 Å². The van der Waals surface area contributed by atoms with Crippen LogP contribution in [0.1, 0.15) is 19.8 Å². The summed E-state index contributed by atoms with van der Waals surface area (Å²) in [5.41, 5.74) is 6.20. The Morgan fingerprint density at radius 3 is 2.59 bits per heavy atom. The van der Waals surface area contributed by atoms with E-state index in [1.165, 1.54) is 0 Å². The molecule has 0 radical (unpaired) electrons.